The van der Waals surface area contributed by atoms with Crippen LogP contribution in [0, 0.1) is 13.8 Å². The molecule has 1 fully saturated rings. The molecule has 0 spiro atoms. The molecule has 8 heteroatoms. The zero-order valence-corrected chi connectivity index (χ0v) is 16.7. The molecule has 148 valence electrons. The Bertz CT molecular complexity index is 1030. The van der Waals surface area contributed by atoms with E-state index >= 15 is 0 Å². The zero-order valence-electron chi connectivity index (χ0n) is 15.9. The minimum atomic E-state index is -4.16. The number of amides is 2. The van der Waals surface area contributed by atoms with Gasteiger partial charge in [0.2, 0.25) is 11.8 Å². The molecule has 1 aliphatic rings. The number of carbonyl (C=O) groups is 2. The van der Waals surface area contributed by atoms with Crippen molar-refractivity contribution in [3.63, 3.8) is 0 Å². The first-order chi connectivity index (χ1) is 13.2. The summed E-state index contributed by atoms with van der Waals surface area (Å²) in [5.41, 5.74) is 2.14. The van der Waals surface area contributed by atoms with Crippen molar-refractivity contribution < 1.29 is 22.7 Å². The highest BCUT2D eigenvalue weighted by molar-refractivity contribution is 7.89. The molecule has 1 saturated heterocycles. The second-order valence-corrected chi connectivity index (χ2v) is 8.55. The summed E-state index contributed by atoms with van der Waals surface area (Å²) < 4.78 is 32.1. The quantitative estimate of drug-likeness (QED) is 0.830. The summed E-state index contributed by atoms with van der Waals surface area (Å²) in [7, 11) is -2.67. The Kier molecular flexibility index (Phi) is 5.42. The van der Waals surface area contributed by atoms with Crippen LogP contribution in [0.15, 0.2) is 47.4 Å². The van der Waals surface area contributed by atoms with E-state index in [0.29, 0.717) is 21.3 Å². The molecule has 0 bridgehead atoms. The van der Waals surface area contributed by atoms with E-state index in [0.717, 1.165) is 5.56 Å². The zero-order chi connectivity index (χ0) is 20.5. The van der Waals surface area contributed by atoms with E-state index in [-0.39, 0.29) is 17.7 Å². The number of rotatable bonds is 5. The Morgan fingerprint density at radius 2 is 1.93 bits per heavy atom. The van der Waals surface area contributed by atoms with Crippen LogP contribution in [0.4, 0.5) is 5.69 Å². The van der Waals surface area contributed by atoms with Crippen LogP contribution in [-0.4, -0.2) is 37.7 Å². The Hall–Kier alpha value is -2.87. The van der Waals surface area contributed by atoms with E-state index < -0.39 is 27.9 Å². The third-order valence-electron chi connectivity index (χ3n) is 4.67. The van der Waals surface area contributed by atoms with Crippen molar-refractivity contribution in [3.05, 3.63) is 53.6 Å². The van der Waals surface area contributed by atoms with Gasteiger partial charge in [0.15, 0.2) is 0 Å². The normalized spacial score (nSPS) is 16.9. The van der Waals surface area contributed by atoms with Crippen LogP contribution in [0.2, 0.25) is 0 Å². The predicted octanol–water partition coefficient (Wildman–Crippen LogP) is 2.63. The first kappa shape index (κ1) is 19.9. The Morgan fingerprint density at radius 1 is 1.18 bits per heavy atom. The summed E-state index contributed by atoms with van der Waals surface area (Å²) in [6.45, 7) is 3.60. The van der Waals surface area contributed by atoms with Crippen LogP contribution in [0.1, 0.15) is 24.0 Å². The SMILES string of the molecule is COc1ccc(S(=O)(=O)N2C(=O)CC[C@@H]2C(=O)Nc2cccc(C)c2)cc1C. The molecule has 1 heterocycles. The van der Waals surface area contributed by atoms with Gasteiger partial charge in [-0.1, -0.05) is 12.1 Å². The Labute approximate surface area is 164 Å². The molecule has 2 amide bonds. The minimum absolute atomic E-state index is 0.000269. The van der Waals surface area contributed by atoms with Crippen molar-refractivity contribution in [1.82, 2.24) is 4.31 Å². The van der Waals surface area contributed by atoms with Gasteiger partial charge in [-0.2, -0.15) is 0 Å². The number of aryl methyl sites for hydroxylation is 2. The fourth-order valence-corrected chi connectivity index (χ4v) is 4.96. The van der Waals surface area contributed by atoms with Crippen molar-refractivity contribution >= 4 is 27.5 Å². The van der Waals surface area contributed by atoms with E-state index in [2.05, 4.69) is 5.32 Å². The molecule has 2 aromatic rings. The molecule has 0 saturated carbocycles. The topological polar surface area (TPSA) is 92.8 Å². The second-order valence-electron chi connectivity index (χ2n) is 6.74. The van der Waals surface area contributed by atoms with E-state index in [1.54, 1.807) is 25.1 Å². The van der Waals surface area contributed by atoms with Gasteiger partial charge in [-0.15, -0.1) is 0 Å². The number of nitrogens with one attached hydrogen (secondary N) is 1. The highest BCUT2D eigenvalue weighted by atomic mass is 32.2. The van der Waals surface area contributed by atoms with Crippen molar-refractivity contribution in [3.8, 4) is 5.75 Å². The van der Waals surface area contributed by atoms with Crippen LogP contribution in [-0.2, 0) is 19.6 Å². The van der Waals surface area contributed by atoms with Crippen LogP contribution >= 0.6 is 0 Å². The predicted molar refractivity (Wildman–Crippen MR) is 105 cm³/mol. The first-order valence-electron chi connectivity index (χ1n) is 8.83. The number of hydrogen-bond donors (Lipinski definition) is 1. The van der Waals surface area contributed by atoms with Gasteiger partial charge in [0.1, 0.15) is 11.8 Å². The van der Waals surface area contributed by atoms with Gasteiger partial charge in [-0.3, -0.25) is 9.59 Å². The fraction of sp³-hybridized carbons (Fsp3) is 0.300. The summed E-state index contributed by atoms with van der Waals surface area (Å²) in [6, 6.07) is 10.4. The molecular formula is C20H22N2O5S. The smallest absolute Gasteiger partial charge is 0.267 e. The molecule has 3 rings (SSSR count). The number of anilines is 1. The Balaban J connectivity index is 1.90. The maximum Gasteiger partial charge on any atom is 0.267 e. The van der Waals surface area contributed by atoms with Gasteiger partial charge >= 0.3 is 0 Å². The number of methoxy groups -OCH3 is 1. The van der Waals surface area contributed by atoms with Crippen LogP contribution < -0.4 is 10.1 Å². The van der Waals surface area contributed by atoms with E-state index in [4.69, 9.17) is 4.74 Å². The first-order valence-corrected chi connectivity index (χ1v) is 10.3. The highest BCUT2D eigenvalue weighted by Gasteiger charge is 2.44. The lowest BCUT2D eigenvalue weighted by atomic mass is 10.2. The maximum atomic E-state index is 13.1. The average molecular weight is 402 g/mol. The number of ether oxygens (including phenoxy) is 1. The molecule has 0 aliphatic carbocycles. The van der Waals surface area contributed by atoms with E-state index in [1.807, 2.05) is 13.0 Å². The monoisotopic (exact) mass is 402 g/mol. The van der Waals surface area contributed by atoms with Gasteiger partial charge in [0.25, 0.3) is 10.0 Å². The van der Waals surface area contributed by atoms with Gasteiger partial charge < -0.3 is 10.1 Å². The fourth-order valence-electron chi connectivity index (χ4n) is 3.27. The molecular weight excluding hydrogens is 380 g/mol. The average Bonchev–Trinajstić information content (AvgIpc) is 3.04. The molecule has 28 heavy (non-hydrogen) atoms. The summed E-state index contributed by atoms with van der Waals surface area (Å²) in [5, 5.41) is 2.71. The van der Waals surface area contributed by atoms with E-state index in [1.165, 1.54) is 25.3 Å². The summed E-state index contributed by atoms with van der Waals surface area (Å²) in [6.07, 6.45) is 0.144. The lowest BCUT2D eigenvalue weighted by Crippen LogP contribution is -2.45. The Morgan fingerprint density at radius 3 is 2.57 bits per heavy atom. The number of benzene rings is 2. The maximum absolute atomic E-state index is 13.1. The van der Waals surface area contributed by atoms with Crippen molar-refractivity contribution in [2.45, 2.75) is 37.6 Å². The number of carbonyl (C=O) groups excluding carboxylic acids is 2. The van der Waals surface area contributed by atoms with Gasteiger partial charge in [0.05, 0.1) is 12.0 Å². The number of sulfonamides is 1. The van der Waals surface area contributed by atoms with Crippen LogP contribution in [0.25, 0.3) is 0 Å². The van der Waals surface area contributed by atoms with E-state index in [9.17, 15) is 18.0 Å². The third kappa shape index (κ3) is 3.73. The summed E-state index contributed by atoms with van der Waals surface area (Å²) in [5.74, 6) is -0.566. The van der Waals surface area contributed by atoms with Crippen LogP contribution in [0.3, 0.4) is 0 Å². The lowest BCUT2D eigenvalue weighted by molar-refractivity contribution is -0.128. The molecule has 2 aromatic carbocycles. The minimum Gasteiger partial charge on any atom is -0.496 e. The van der Waals surface area contributed by atoms with Crippen molar-refractivity contribution in [2.75, 3.05) is 12.4 Å². The second kappa shape index (κ2) is 7.63. The molecule has 1 N–H and O–H groups in total. The van der Waals surface area contributed by atoms with Gasteiger partial charge in [0, 0.05) is 12.1 Å². The summed E-state index contributed by atoms with van der Waals surface area (Å²) in [4.78, 5) is 25.1. The number of hydrogen-bond acceptors (Lipinski definition) is 5. The van der Waals surface area contributed by atoms with Gasteiger partial charge in [-0.05, 0) is 61.7 Å². The summed E-state index contributed by atoms with van der Waals surface area (Å²) >= 11 is 0. The van der Waals surface area contributed by atoms with Crippen LogP contribution in [0.5, 0.6) is 5.75 Å². The number of nitrogens with zero attached hydrogens (tertiary/aromatic N) is 1. The van der Waals surface area contributed by atoms with Crippen molar-refractivity contribution in [1.29, 1.82) is 0 Å². The standard InChI is InChI=1S/C20H22N2O5S/c1-13-5-4-6-15(11-13)21-20(24)17-8-10-19(23)22(17)28(25,26)16-7-9-18(27-3)14(2)12-16/h4-7,9,11-12,17H,8,10H2,1-3H3,(H,21,24)/t17-/m1/s1. The molecule has 1 aliphatic heterocycles. The molecule has 0 radical (unpaired) electrons. The van der Waals surface area contributed by atoms with Crippen molar-refractivity contribution in [2.24, 2.45) is 0 Å². The molecule has 0 aromatic heterocycles. The third-order valence-corrected chi connectivity index (χ3v) is 6.50. The molecule has 1 atom stereocenters. The van der Waals surface area contributed by atoms with Gasteiger partial charge in [-0.25, -0.2) is 12.7 Å². The lowest BCUT2D eigenvalue weighted by Gasteiger charge is -2.24. The molecule has 7 nitrogen and oxygen atoms in total. The largest absolute Gasteiger partial charge is 0.496 e. The molecule has 0 unspecified atom stereocenters. The highest BCUT2D eigenvalue weighted by Crippen LogP contribution is 2.30.